The van der Waals surface area contributed by atoms with Crippen molar-refractivity contribution in [2.45, 2.75) is 39.7 Å². The molecule has 66 valence electrons. The van der Waals surface area contributed by atoms with Gasteiger partial charge >= 0.3 is 0 Å². The highest BCUT2D eigenvalue weighted by molar-refractivity contribution is 4.95. The third-order valence-electron chi connectivity index (χ3n) is 2.65. The third-order valence-corrected chi connectivity index (χ3v) is 2.65. The van der Waals surface area contributed by atoms with Crippen LogP contribution in [0.4, 0.5) is 0 Å². The smallest absolute Gasteiger partial charge is 0.147 e. The molecule has 3 heteroatoms. The number of hydrogen-bond acceptors (Lipinski definition) is 2. The summed E-state index contributed by atoms with van der Waals surface area (Å²) in [5.74, 6) is 2.94. The topological polar surface area (TPSA) is 30.7 Å². The molecule has 0 radical (unpaired) electrons. The number of fused-ring (bicyclic) bond motifs is 1. The minimum atomic E-state index is 0.834. The fraction of sp³-hybridized carbons (Fsp3) is 0.778. The first-order chi connectivity index (χ1) is 5.79. The van der Waals surface area contributed by atoms with Crippen molar-refractivity contribution in [2.24, 2.45) is 5.92 Å². The average molecular weight is 165 g/mol. The molecule has 0 spiro atoms. The lowest BCUT2D eigenvalue weighted by Crippen LogP contribution is -2.19. The average Bonchev–Trinajstić information content (AvgIpc) is 2.43. The van der Waals surface area contributed by atoms with Crippen LogP contribution in [-0.4, -0.2) is 14.8 Å². The first kappa shape index (κ1) is 7.77. The fourth-order valence-corrected chi connectivity index (χ4v) is 1.84. The highest BCUT2D eigenvalue weighted by atomic mass is 15.3. The highest BCUT2D eigenvalue weighted by Crippen LogP contribution is 2.20. The van der Waals surface area contributed by atoms with Gasteiger partial charge in [-0.15, -0.1) is 0 Å². The molecule has 0 fully saturated rings. The van der Waals surface area contributed by atoms with E-state index in [1.165, 1.54) is 18.7 Å². The van der Waals surface area contributed by atoms with Crippen LogP contribution in [0.2, 0.25) is 0 Å². The minimum absolute atomic E-state index is 0.834. The van der Waals surface area contributed by atoms with E-state index >= 15 is 0 Å². The Bertz CT molecular complexity index is 277. The summed E-state index contributed by atoms with van der Waals surface area (Å²) in [7, 11) is 0. The zero-order chi connectivity index (χ0) is 8.55. The van der Waals surface area contributed by atoms with Crippen molar-refractivity contribution < 1.29 is 0 Å². The van der Waals surface area contributed by atoms with Gasteiger partial charge in [0.05, 0.1) is 0 Å². The zero-order valence-corrected chi connectivity index (χ0v) is 7.75. The molecule has 1 aliphatic rings. The van der Waals surface area contributed by atoms with Crippen LogP contribution in [0.1, 0.15) is 31.4 Å². The van der Waals surface area contributed by atoms with Gasteiger partial charge in [0.25, 0.3) is 0 Å². The molecule has 1 aromatic heterocycles. The Labute approximate surface area is 72.8 Å². The molecule has 1 aliphatic heterocycles. The van der Waals surface area contributed by atoms with Crippen LogP contribution in [0.25, 0.3) is 0 Å². The largest absolute Gasteiger partial charge is 0.250 e. The lowest BCUT2D eigenvalue weighted by molar-refractivity contribution is 0.354. The Morgan fingerprint density at radius 1 is 1.58 bits per heavy atom. The second-order valence-corrected chi connectivity index (χ2v) is 3.57. The van der Waals surface area contributed by atoms with E-state index in [9.17, 15) is 0 Å². The van der Waals surface area contributed by atoms with Crippen LogP contribution in [-0.2, 0) is 13.0 Å². The van der Waals surface area contributed by atoms with E-state index in [1.54, 1.807) is 0 Å². The summed E-state index contributed by atoms with van der Waals surface area (Å²) in [6, 6.07) is 0. The third kappa shape index (κ3) is 1.24. The second kappa shape index (κ2) is 2.88. The second-order valence-electron chi connectivity index (χ2n) is 3.57. The molecule has 0 aromatic carbocycles. The lowest BCUT2D eigenvalue weighted by atomic mass is 9.96. The number of hydrogen-bond donors (Lipinski definition) is 0. The summed E-state index contributed by atoms with van der Waals surface area (Å²) >= 11 is 0. The van der Waals surface area contributed by atoms with E-state index < -0.39 is 0 Å². The van der Waals surface area contributed by atoms with Gasteiger partial charge in [0.1, 0.15) is 11.6 Å². The molecule has 0 saturated carbocycles. The molecule has 2 rings (SSSR count). The standard InChI is InChI=1S/C9H15N3/c1-3-8-4-5-12-9(6-8)10-7(2)11-12/h8H,3-6H2,1-2H3/t8-/m1/s1. The Hall–Kier alpha value is -0.860. The van der Waals surface area contributed by atoms with Crippen molar-refractivity contribution in [3.63, 3.8) is 0 Å². The van der Waals surface area contributed by atoms with E-state index in [-0.39, 0.29) is 0 Å². The van der Waals surface area contributed by atoms with Gasteiger partial charge in [-0.3, -0.25) is 0 Å². The normalized spacial score (nSPS) is 22.3. The molecule has 0 N–H and O–H groups in total. The molecule has 0 aliphatic carbocycles. The summed E-state index contributed by atoms with van der Waals surface area (Å²) in [5, 5.41) is 4.33. The molecular weight excluding hydrogens is 150 g/mol. The summed E-state index contributed by atoms with van der Waals surface area (Å²) in [6.07, 6.45) is 3.66. The Morgan fingerprint density at radius 2 is 2.42 bits per heavy atom. The summed E-state index contributed by atoms with van der Waals surface area (Å²) in [6.45, 7) is 5.28. The Balaban J connectivity index is 2.22. The lowest BCUT2D eigenvalue weighted by Gasteiger charge is -2.20. The van der Waals surface area contributed by atoms with E-state index in [0.29, 0.717) is 0 Å². The van der Waals surface area contributed by atoms with E-state index in [2.05, 4.69) is 21.7 Å². The van der Waals surface area contributed by atoms with E-state index in [0.717, 1.165) is 24.7 Å². The molecule has 12 heavy (non-hydrogen) atoms. The monoisotopic (exact) mass is 165 g/mol. The van der Waals surface area contributed by atoms with Crippen molar-refractivity contribution in [1.29, 1.82) is 0 Å². The number of aromatic nitrogens is 3. The molecule has 0 bridgehead atoms. The van der Waals surface area contributed by atoms with Crippen LogP contribution in [0.3, 0.4) is 0 Å². The van der Waals surface area contributed by atoms with Gasteiger partial charge < -0.3 is 0 Å². The van der Waals surface area contributed by atoms with Gasteiger partial charge in [0, 0.05) is 13.0 Å². The molecular formula is C9H15N3. The maximum Gasteiger partial charge on any atom is 0.147 e. The van der Waals surface area contributed by atoms with Gasteiger partial charge in [0.15, 0.2) is 0 Å². The van der Waals surface area contributed by atoms with E-state index in [4.69, 9.17) is 0 Å². The molecule has 1 atom stereocenters. The molecule has 0 saturated heterocycles. The maximum atomic E-state index is 4.40. The van der Waals surface area contributed by atoms with Crippen LogP contribution in [0.15, 0.2) is 0 Å². The van der Waals surface area contributed by atoms with Crippen LogP contribution >= 0.6 is 0 Å². The molecule has 2 heterocycles. The molecule has 0 unspecified atom stereocenters. The fourth-order valence-electron chi connectivity index (χ4n) is 1.84. The Morgan fingerprint density at radius 3 is 3.17 bits per heavy atom. The van der Waals surface area contributed by atoms with Crippen LogP contribution in [0.5, 0.6) is 0 Å². The molecule has 0 amide bonds. The summed E-state index contributed by atoms with van der Waals surface area (Å²) < 4.78 is 2.06. The van der Waals surface area contributed by atoms with Crippen molar-refractivity contribution in [1.82, 2.24) is 14.8 Å². The summed E-state index contributed by atoms with van der Waals surface area (Å²) in [5.41, 5.74) is 0. The Kier molecular flexibility index (Phi) is 1.87. The van der Waals surface area contributed by atoms with Crippen LogP contribution < -0.4 is 0 Å². The summed E-state index contributed by atoms with van der Waals surface area (Å²) in [4.78, 5) is 4.40. The molecule has 3 nitrogen and oxygen atoms in total. The minimum Gasteiger partial charge on any atom is -0.250 e. The number of rotatable bonds is 1. The predicted octanol–water partition coefficient (Wildman–Crippen LogP) is 1.56. The SMILES string of the molecule is CC[C@@H]1CCn2nc(C)nc2C1. The van der Waals surface area contributed by atoms with E-state index in [1.807, 2.05) is 6.92 Å². The van der Waals surface area contributed by atoms with Crippen molar-refractivity contribution in [3.05, 3.63) is 11.6 Å². The number of nitrogens with zero attached hydrogens (tertiary/aromatic N) is 3. The zero-order valence-electron chi connectivity index (χ0n) is 7.75. The van der Waals surface area contributed by atoms with Gasteiger partial charge in [0.2, 0.25) is 0 Å². The van der Waals surface area contributed by atoms with Gasteiger partial charge in [-0.25, -0.2) is 9.67 Å². The van der Waals surface area contributed by atoms with Gasteiger partial charge in [-0.1, -0.05) is 13.3 Å². The quantitative estimate of drug-likeness (QED) is 0.632. The maximum absolute atomic E-state index is 4.40. The number of aryl methyl sites for hydroxylation is 2. The first-order valence-electron chi connectivity index (χ1n) is 4.70. The van der Waals surface area contributed by atoms with Crippen molar-refractivity contribution >= 4 is 0 Å². The van der Waals surface area contributed by atoms with Crippen LogP contribution in [0, 0.1) is 12.8 Å². The van der Waals surface area contributed by atoms with Crippen molar-refractivity contribution in [3.8, 4) is 0 Å². The van der Waals surface area contributed by atoms with Gasteiger partial charge in [-0.2, -0.15) is 5.10 Å². The van der Waals surface area contributed by atoms with Gasteiger partial charge in [-0.05, 0) is 19.3 Å². The highest BCUT2D eigenvalue weighted by Gasteiger charge is 2.19. The predicted molar refractivity (Wildman–Crippen MR) is 46.9 cm³/mol. The first-order valence-corrected chi connectivity index (χ1v) is 4.70. The van der Waals surface area contributed by atoms with Crippen molar-refractivity contribution in [2.75, 3.05) is 0 Å². The molecule has 1 aromatic rings.